The van der Waals surface area contributed by atoms with Crippen LogP contribution < -0.4 is 4.90 Å². The van der Waals surface area contributed by atoms with Gasteiger partial charge in [0, 0.05) is 23.7 Å². The lowest BCUT2D eigenvalue weighted by atomic mass is 9.95. The van der Waals surface area contributed by atoms with Gasteiger partial charge in [-0.25, -0.2) is 0 Å². The third kappa shape index (κ3) is 2.29. The van der Waals surface area contributed by atoms with E-state index in [0.29, 0.717) is 0 Å². The Morgan fingerprint density at radius 3 is 2.68 bits per heavy atom. The van der Waals surface area contributed by atoms with E-state index in [0.717, 1.165) is 33.7 Å². The van der Waals surface area contributed by atoms with E-state index in [1.807, 2.05) is 49.4 Å². The Morgan fingerprint density at radius 1 is 1.18 bits per heavy atom. The fourth-order valence-electron chi connectivity index (χ4n) is 2.65. The van der Waals surface area contributed by atoms with Crippen molar-refractivity contribution in [3.63, 3.8) is 0 Å². The standard InChI is InChI=1S/C19H16N2O/c1-4-14-9-10-17-16(11-14)19(20-12-18(22)21(17)3)15-8-6-5-7-13(15)2/h1,5-11H,12H2,2-3H3. The minimum Gasteiger partial charge on any atom is -0.313 e. The number of terminal acetylenes is 1. The van der Waals surface area contributed by atoms with E-state index in [-0.39, 0.29) is 12.5 Å². The van der Waals surface area contributed by atoms with Crippen LogP contribution in [0.1, 0.15) is 22.3 Å². The molecule has 3 heteroatoms. The number of carbonyl (C=O) groups is 1. The highest BCUT2D eigenvalue weighted by atomic mass is 16.2. The summed E-state index contributed by atoms with van der Waals surface area (Å²) in [6.45, 7) is 2.18. The monoisotopic (exact) mass is 288 g/mol. The molecule has 0 aliphatic carbocycles. The summed E-state index contributed by atoms with van der Waals surface area (Å²) in [5.74, 6) is 2.62. The average molecular weight is 288 g/mol. The Hall–Kier alpha value is -2.86. The highest BCUT2D eigenvalue weighted by molar-refractivity contribution is 6.20. The molecule has 2 aromatic carbocycles. The fourth-order valence-corrected chi connectivity index (χ4v) is 2.65. The number of likely N-dealkylation sites (N-methyl/N-ethyl adjacent to an activating group) is 1. The van der Waals surface area contributed by atoms with Gasteiger partial charge in [-0.15, -0.1) is 6.42 Å². The van der Waals surface area contributed by atoms with Crippen molar-refractivity contribution in [3.8, 4) is 12.3 Å². The molecule has 2 aromatic rings. The number of nitrogens with zero attached hydrogens (tertiary/aromatic N) is 2. The maximum Gasteiger partial charge on any atom is 0.248 e. The Morgan fingerprint density at radius 2 is 1.95 bits per heavy atom. The van der Waals surface area contributed by atoms with Crippen molar-refractivity contribution in [1.29, 1.82) is 0 Å². The third-order valence-electron chi connectivity index (χ3n) is 3.93. The highest BCUT2D eigenvalue weighted by Gasteiger charge is 2.23. The summed E-state index contributed by atoms with van der Waals surface area (Å²) in [5.41, 5.74) is 5.49. The molecule has 0 saturated heterocycles. The second kappa shape index (κ2) is 5.50. The molecule has 0 bridgehead atoms. The predicted molar refractivity (Wildman–Crippen MR) is 89.5 cm³/mol. The van der Waals surface area contributed by atoms with E-state index in [2.05, 4.69) is 10.9 Å². The average Bonchev–Trinajstić information content (AvgIpc) is 2.66. The molecule has 22 heavy (non-hydrogen) atoms. The molecule has 3 rings (SSSR count). The minimum absolute atomic E-state index is 0.0294. The second-order valence-corrected chi connectivity index (χ2v) is 5.31. The third-order valence-corrected chi connectivity index (χ3v) is 3.93. The molecule has 0 spiro atoms. The van der Waals surface area contributed by atoms with Gasteiger partial charge in [0.1, 0.15) is 6.54 Å². The predicted octanol–water partition coefficient (Wildman–Crippen LogP) is 2.79. The topological polar surface area (TPSA) is 32.7 Å². The molecule has 0 aromatic heterocycles. The molecule has 0 radical (unpaired) electrons. The van der Waals surface area contributed by atoms with Gasteiger partial charge >= 0.3 is 0 Å². The zero-order chi connectivity index (χ0) is 15.7. The summed E-state index contributed by atoms with van der Waals surface area (Å²) in [5, 5.41) is 0. The second-order valence-electron chi connectivity index (χ2n) is 5.31. The van der Waals surface area contributed by atoms with Crippen molar-refractivity contribution in [1.82, 2.24) is 0 Å². The Labute approximate surface area is 130 Å². The van der Waals surface area contributed by atoms with E-state index >= 15 is 0 Å². The van der Waals surface area contributed by atoms with E-state index in [4.69, 9.17) is 6.42 Å². The van der Waals surface area contributed by atoms with E-state index in [9.17, 15) is 4.79 Å². The molecule has 3 nitrogen and oxygen atoms in total. The summed E-state index contributed by atoms with van der Waals surface area (Å²) in [6, 6.07) is 13.7. The summed E-state index contributed by atoms with van der Waals surface area (Å²) in [6.07, 6.45) is 5.53. The first-order valence-corrected chi connectivity index (χ1v) is 7.10. The van der Waals surface area contributed by atoms with Gasteiger partial charge in [0.15, 0.2) is 0 Å². The van der Waals surface area contributed by atoms with Crippen molar-refractivity contribution in [2.45, 2.75) is 6.92 Å². The minimum atomic E-state index is -0.0294. The highest BCUT2D eigenvalue weighted by Crippen LogP contribution is 2.28. The zero-order valence-corrected chi connectivity index (χ0v) is 12.6. The molecule has 0 unspecified atom stereocenters. The maximum absolute atomic E-state index is 12.2. The zero-order valence-electron chi connectivity index (χ0n) is 12.6. The number of rotatable bonds is 1. The lowest BCUT2D eigenvalue weighted by molar-refractivity contribution is -0.116. The van der Waals surface area contributed by atoms with Crippen LogP contribution in [-0.4, -0.2) is 25.2 Å². The number of amides is 1. The number of hydrogen-bond acceptors (Lipinski definition) is 2. The number of benzene rings is 2. The first-order valence-electron chi connectivity index (χ1n) is 7.10. The van der Waals surface area contributed by atoms with Gasteiger partial charge in [-0.05, 0) is 30.7 Å². The summed E-state index contributed by atoms with van der Waals surface area (Å²) >= 11 is 0. The number of anilines is 1. The van der Waals surface area contributed by atoms with Crippen molar-refractivity contribution in [3.05, 3.63) is 64.7 Å². The van der Waals surface area contributed by atoms with Gasteiger partial charge in [0.2, 0.25) is 5.91 Å². The number of hydrogen-bond donors (Lipinski definition) is 0. The van der Waals surface area contributed by atoms with E-state index < -0.39 is 0 Å². The lowest BCUT2D eigenvalue weighted by Crippen LogP contribution is -2.27. The van der Waals surface area contributed by atoms with Crippen LogP contribution in [0.5, 0.6) is 0 Å². The largest absolute Gasteiger partial charge is 0.313 e. The van der Waals surface area contributed by atoms with Crippen molar-refractivity contribution in [2.75, 3.05) is 18.5 Å². The Bertz CT molecular complexity index is 828. The molecule has 1 aliphatic heterocycles. The molecule has 0 saturated carbocycles. The Kier molecular flexibility index (Phi) is 3.52. The number of carbonyl (C=O) groups excluding carboxylic acids is 1. The first kappa shape index (κ1) is 14.1. The van der Waals surface area contributed by atoms with Gasteiger partial charge in [-0.3, -0.25) is 9.79 Å². The summed E-state index contributed by atoms with van der Waals surface area (Å²) < 4.78 is 0. The number of benzodiazepines with no additional fused rings is 1. The molecule has 108 valence electrons. The Balaban J connectivity index is 2.28. The molecular weight excluding hydrogens is 272 g/mol. The molecular formula is C19H16N2O. The quantitative estimate of drug-likeness (QED) is 0.743. The molecule has 1 heterocycles. The van der Waals surface area contributed by atoms with Crippen molar-refractivity contribution in [2.24, 2.45) is 4.99 Å². The van der Waals surface area contributed by atoms with E-state index in [1.165, 1.54) is 0 Å². The van der Waals surface area contributed by atoms with Gasteiger partial charge in [-0.2, -0.15) is 0 Å². The van der Waals surface area contributed by atoms with Crippen molar-refractivity contribution >= 4 is 17.3 Å². The van der Waals surface area contributed by atoms with Crippen LogP contribution in [0.3, 0.4) is 0 Å². The van der Waals surface area contributed by atoms with Crippen LogP contribution in [0.2, 0.25) is 0 Å². The van der Waals surface area contributed by atoms with Crippen molar-refractivity contribution < 1.29 is 4.79 Å². The fraction of sp³-hybridized carbons (Fsp3) is 0.158. The molecule has 0 atom stereocenters. The maximum atomic E-state index is 12.2. The van der Waals surface area contributed by atoms with Gasteiger partial charge in [0.25, 0.3) is 0 Å². The molecule has 0 N–H and O–H groups in total. The number of aryl methyl sites for hydroxylation is 1. The molecule has 1 aliphatic rings. The van der Waals surface area contributed by atoms with Crippen LogP contribution >= 0.6 is 0 Å². The van der Waals surface area contributed by atoms with Crippen LogP contribution in [0, 0.1) is 19.3 Å². The molecule has 1 amide bonds. The summed E-state index contributed by atoms with van der Waals surface area (Å²) in [7, 11) is 1.77. The van der Waals surface area contributed by atoms with Gasteiger partial charge in [0.05, 0.1) is 11.4 Å². The van der Waals surface area contributed by atoms with Crippen LogP contribution in [0.4, 0.5) is 5.69 Å². The smallest absolute Gasteiger partial charge is 0.248 e. The first-order chi connectivity index (χ1) is 10.6. The normalized spacial score (nSPS) is 14.0. The number of aliphatic imine (C=N–C) groups is 1. The van der Waals surface area contributed by atoms with Gasteiger partial charge < -0.3 is 4.90 Å². The van der Waals surface area contributed by atoms with Crippen LogP contribution in [0.25, 0.3) is 0 Å². The summed E-state index contributed by atoms with van der Waals surface area (Å²) in [4.78, 5) is 18.4. The number of fused-ring (bicyclic) bond motifs is 1. The van der Waals surface area contributed by atoms with E-state index in [1.54, 1.807) is 11.9 Å². The van der Waals surface area contributed by atoms with Gasteiger partial charge in [-0.1, -0.05) is 30.2 Å². The lowest BCUT2D eigenvalue weighted by Gasteiger charge is -2.18. The molecule has 0 fully saturated rings. The van der Waals surface area contributed by atoms with Crippen LogP contribution in [-0.2, 0) is 4.79 Å². The SMILES string of the molecule is C#Cc1ccc2c(c1)C(c1ccccc1C)=NCC(=O)N2C. The van der Waals surface area contributed by atoms with Crippen LogP contribution in [0.15, 0.2) is 47.5 Å².